The summed E-state index contributed by atoms with van der Waals surface area (Å²) in [4.78, 5) is 40.0. The number of carbonyl (C=O) groups is 3. The maximum atomic E-state index is 14.0. The number of hydrogen-bond acceptors (Lipinski definition) is 3. The molecule has 2 atom stereocenters. The molecular formula is C25H29F2N3O3. The van der Waals surface area contributed by atoms with Crippen molar-refractivity contribution in [3.63, 3.8) is 0 Å². The van der Waals surface area contributed by atoms with Crippen LogP contribution < -0.4 is 10.6 Å². The lowest BCUT2D eigenvalue weighted by molar-refractivity contribution is -0.125. The Labute approximate surface area is 192 Å². The summed E-state index contributed by atoms with van der Waals surface area (Å²) in [6.07, 6.45) is 1.69. The zero-order chi connectivity index (χ0) is 24.0. The average Bonchev–Trinajstić information content (AvgIpc) is 2.82. The number of benzene rings is 2. The number of hydrogen-bond donors (Lipinski definition) is 2. The Bertz CT molecular complexity index is 989. The average molecular weight is 458 g/mol. The Hall–Kier alpha value is -3.29. The Morgan fingerprint density at radius 2 is 1.64 bits per heavy atom. The lowest BCUT2D eigenvalue weighted by Crippen LogP contribution is -2.55. The molecule has 2 aromatic rings. The van der Waals surface area contributed by atoms with E-state index in [0.717, 1.165) is 6.42 Å². The predicted molar refractivity (Wildman–Crippen MR) is 121 cm³/mol. The zero-order valence-corrected chi connectivity index (χ0v) is 18.8. The summed E-state index contributed by atoms with van der Waals surface area (Å²) in [5.41, 5.74) is 0.275. The van der Waals surface area contributed by atoms with Crippen LogP contribution in [0.2, 0.25) is 0 Å². The molecule has 1 fully saturated rings. The van der Waals surface area contributed by atoms with Crippen LogP contribution in [0.4, 0.5) is 8.78 Å². The first kappa shape index (κ1) is 24.4. The Balaban J connectivity index is 1.71. The van der Waals surface area contributed by atoms with E-state index in [1.807, 2.05) is 13.8 Å². The van der Waals surface area contributed by atoms with Crippen LogP contribution in [-0.2, 0) is 4.79 Å². The van der Waals surface area contributed by atoms with Crippen LogP contribution in [0.1, 0.15) is 53.8 Å². The molecule has 0 spiro atoms. The molecule has 6 nitrogen and oxygen atoms in total. The van der Waals surface area contributed by atoms with Crippen molar-refractivity contribution >= 4 is 17.7 Å². The number of nitrogens with one attached hydrogen (secondary N) is 2. The molecule has 3 rings (SSSR count). The van der Waals surface area contributed by atoms with E-state index >= 15 is 0 Å². The van der Waals surface area contributed by atoms with Gasteiger partial charge in [-0.2, -0.15) is 0 Å². The van der Waals surface area contributed by atoms with Crippen LogP contribution in [0.3, 0.4) is 0 Å². The normalized spacial score (nSPS) is 16.1. The first-order chi connectivity index (χ1) is 15.8. The summed E-state index contributed by atoms with van der Waals surface area (Å²) in [5, 5.41) is 5.72. The molecule has 0 unspecified atom stereocenters. The van der Waals surface area contributed by atoms with Gasteiger partial charge >= 0.3 is 0 Å². The summed E-state index contributed by atoms with van der Waals surface area (Å²) < 4.78 is 27.2. The second kappa shape index (κ2) is 11.0. The number of halogens is 2. The lowest BCUT2D eigenvalue weighted by Gasteiger charge is -2.36. The highest BCUT2D eigenvalue weighted by Crippen LogP contribution is 2.24. The lowest BCUT2D eigenvalue weighted by atomic mass is 9.88. The SMILES string of the molecule is CC[C@H](C)NC(=O)[C@@H](NC(=O)c1ccc(F)cc1)C1CCN(C(=O)c2ccccc2F)CC1. The van der Waals surface area contributed by atoms with Gasteiger partial charge in [0.05, 0.1) is 5.56 Å². The van der Waals surface area contributed by atoms with Crippen molar-refractivity contribution in [3.05, 3.63) is 71.3 Å². The van der Waals surface area contributed by atoms with Gasteiger partial charge in [0, 0.05) is 24.7 Å². The van der Waals surface area contributed by atoms with E-state index in [9.17, 15) is 23.2 Å². The molecule has 33 heavy (non-hydrogen) atoms. The molecule has 1 saturated heterocycles. The fraction of sp³-hybridized carbons (Fsp3) is 0.400. The molecule has 0 bridgehead atoms. The predicted octanol–water partition coefficient (Wildman–Crippen LogP) is 3.53. The summed E-state index contributed by atoms with van der Waals surface area (Å²) >= 11 is 0. The van der Waals surface area contributed by atoms with E-state index in [4.69, 9.17) is 0 Å². The molecule has 1 aliphatic heterocycles. The molecule has 2 aromatic carbocycles. The molecule has 0 aliphatic carbocycles. The third kappa shape index (κ3) is 6.15. The van der Waals surface area contributed by atoms with Crippen molar-refractivity contribution in [2.24, 2.45) is 5.92 Å². The van der Waals surface area contributed by atoms with E-state index in [0.29, 0.717) is 25.9 Å². The molecule has 1 heterocycles. The summed E-state index contributed by atoms with van der Waals surface area (Å²) in [6, 6.07) is 10.1. The van der Waals surface area contributed by atoms with E-state index in [2.05, 4.69) is 10.6 Å². The van der Waals surface area contributed by atoms with Crippen LogP contribution >= 0.6 is 0 Å². The molecule has 176 valence electrons. The minimum absolute atomic E-state index is 0.0200. The van der Waals surface area contributed by atoms with Crippen LogP contribution in [0.15, 0.2) is 48.5 Å². The highest BCUT2D eigenvalue weighted by atomic mass is 19.1. The maximum absolute atomic E-state index is 14.0. The topological polar surface area (TPSA) is 78.5 Å². The Morgan fingerprint density at radius 3 is 2.24 bits per heavy atom. The maximum Gasteiger partial charge on any atom is 0.256 e. The first-order valence-corrected chi connectivity index (χ1v) is 11.2. The fourth-order valence-corrected chi connectivity index (χ4v) is 3.90. The number of likely N-dealkylation sites (tertiary alicyclic amines) is 1. The number of rotatable bonds is 7. The van der Waals surface area contributed by atoms with Gasteiger partial charge in [-0.15, -0.1) is 0 Å². The first-order valence-electron chi connectivity index (χ1n) is 11.2. The minimum Gasteiger partial charge on any atom is -0.352 e. The quantitative estimate of drug-likeness (QED) is 0.668. The van der Waals surface area contributed by atoms with Crippen molar-refractivity contribution in [1.82, 2.24) is 15.5 Å². The summed E-state index contributed by atoms with van der Waals surface area (Å²) in [5.74, 6) is -2.38. The Morgan fingerprint density at radius 1 is 1.00 bits per heavy atom. The van der Waals surface area contributed by atoms with Gasteiger partial charge in [0.15, 0.2) is 0 Å². The van der Waals surface area contributed by atoms with E-state index in [1.54, 1.807) is 11.0 Å². The number of carbonyl (C=O) groups excluding carboxylic acids is 3. The van der Waals surface area contributed by atoms with Crippen molar-refractivity contribution in [1.29, 1.82) is 0 Å². The van der Waals surface area contributed by atoms with Gasteiger partial charge in [0.2, 0.25) is 5.91 Å². The second-order valence-electron chi connectivity index (χ2n) is 8.39. The van der Waals surface area contributed by atoms with E-state index in [1.165, 1.54) is 42.5 Å². The molecular weight excluding hydrogens is 428 g/mol. The van der Waals surface area contributed by atoms with Crippen molar-refractivity contribution < 1.29 is 23.2 Å². The van der Waals surface area contributed by atoms with Gasteiger partial charge in [-0.05, 0) is 68.5 Å². The van der Waals surface area contributed by atoms with Gasteiger partial charge in [-0.25, -0.2) is 8.78 Å². The van der Waals surface area contributed by atoms with Crippen LogP contribution in [-0.4, -0.2) is 47.8 Å². The fourth-order valence-electron chi connectivity index (χ4n) is 3.90. The summed E-state index contributed by atoms with van der Waals surface area (Å²) in [7, 11) is 0. The van der Waals surface area contributed by atoms with Crippen LogP contribution in [0.25, 0.3) is 0 Å². The number of piperidine rings is 1. The van der Waals surface area contributed by atoms with Crippen molar-refractivity contribution in [3.8, 4) is 0 Å². The third-order valence-corrected chi connectivity index (χ3v) is 6.08. The highest BCUT2D eigenvalue weighted by Gasteiger charge is 2.35. The standard InChI is InChI=1S/C25H29F2N3O3/c1-3-16(2)28-24(32)22(29-23(31)18-8-10-19(26)11-9-18)17-12-14-30(15-13-17)25(33)20-6-4-5-7-21(20)27/h4-11,16-17,22H,3,12-15H2,1-2H3,(H,28,32)(H,29,31)/t16-,22-/m0/s1. The van der Waals surface area contributed by atoms with Gasteiger partial charge in [-0.3, -0.25) is 14.4 Å². The minimum atomic E-state index is -0.803. The van der Waals surface area contributed by atoms with Gasteiger partial charge in [-0.1, -0.05) is 19.1 Å². The smallest absolute Gasteiger partial charge is 0.256 e. The molecule has 8 heteroatoms. The van der Waals surface area contributed by atoms with Crippen molar-refractivity contribution in [2.75, 3.05) is 13.1 Å². The molecule has 3 amide bonds. The molecule has 2 N–H and O–H groups in total. The molecule has 0 aromatic heterocycles. The monoisotopic (exact) mass is 457 g/mol. The van der Waals surface area contributed by atoms with Gasteiger partial charge < -0.3 is 15.5 Å². The molecule has 0 radical (unpaired) electrons. The zero-order valence-electron chi connectivity index (χ0n) is 18.8. The van der Waals surface area contributed by atoms with Crippen molar-refractivity contribution in [2.45, 2.75) is 45.2 Å². The van der Waals surface area contributed by atoms with E-state index in [-0.39, 0.29) is 34.9 Å². The van der Waals surface area contributed by atoms with Crippen LogP contribution in [0.5, 0.6) is 0 Å². The van der Waals surface area contributed by atoms with Gasteiger partial charge in [0.1, 0.15) is 17.7 Å². The van der Waals surface area contributed by atoms with Gasteiger partial charge in [0.25, 0.3) is 11.8 Å². The van der Waals surface area contributed by atoms with E-state index < -0.39 is 23.6 Å². The summed E-state index contributed by atoms with van der Waals surface area (Å²) in [6.45, 7) is 4.52. The third-order valence-electron chi connectivity index (χ3n) is 6.08. The Kier molecular flexibility index (Phi) is 8.14. The number of nitrogens with zero attached hydrogens (tertiary/aromatic N) is 1. The number of amides is 3. The second-order valence-corrected chi connectivity index (χ2v) is 8.39. The largest absolute Gasteiger partial charge is 0.352 e. The van der Waals surface area contributed by atoms with Crippen LogP contribution in [0, 0.1) is 17.6 Å². The molecule has 0 saturated carbocycles. The highest BCUT2D eigenvalue weighted by molar-refractivity contribution is 5.98. The molecule has 1 aliphatic rings.